The molecule has 1 rings (SSSR count). The molecule has 2 unspecified atom stereocenters. The Labute approximate surface area is 99.8 Å². The van der Waals surface area contributed by atoms with E-state index in [-0.39, 0.29) is 6.10 Å². The molecule has 3 heteroatoms. The van der Waals surface area contributed by atoms with Crippen LogP contribution in [0.2, 0.25) is 0 Å². The van der Waals surface area contributed by atoms with Gasteiger partial charge in [-0.15, -0.1) is 0 Å². The SMILES string of the molecule is COCC(O)CN1CCCC(C(C)C)CC1. The second-order valence-corrected chi connectivity index (χ2v) is 5.34. The van der Waals surface area contributed by atoms with Crippen LogP contribution in [0.4, 0.5) is 0 Å². The van der Waals surface area contributed by atoms with Crippen LogP contribution in [0.25, 0.3) is 0 Å². The fraction of sp³-hybridized carbons (Fsp3) is 1.00. The highest BCUT2D eigenvalue weighted by Gasteiger charge is 2.20. The number of aliphatic hydroxyl groups is 1. The molecule has 0 saturated carbocycles. The summed E-state index contributed by atoms with van der Waals surface area (Å²) in [6.07, 6.45) is 3.55. The van der Waals surface area contributed by atoms with Crippen molar-refractivity contribution in [2.75, 3.05) is 33.4 Å². The van der Waals surface area contributed by atoms with E-state index in [0.717, 1.165) is 31.5 Å². The number of hydrogen-bond donors (Lipinski definition) is 1. The topological polar surface area (TPSA) is 32.7 Å². The van der Waals surface area contributed by atoms with Crippen LogP contribution in [0.3, 0.4) is 0 Å². The van der Waals surface area contributed by atoms with Gasteiger partial charge in [0.1, 0.15) is 0 Å². The quantitative estimate of drug-likeness (QED) is 0.779. The second kappa shape index (κ2) is 7.25. The summed E-state index contributed by atoms with van der Waals surface area (Å²) in [6, 6.07) is 0. The molecule has 0 aromatic rings. The Morgan fingerprint density at radius 1 is 1.31 bits per heavy atom. The van der Waals surface area contributed by atoms with Gasteiger partial charge in [0.05, 0.1) is 12.7 Å². The first-order valence-corrected chi connectivity index (χ1v) is 6.52. The molecule has 0 spiro atoms. The van der Waals surface area contributed by atoms with Gasteiger partial charge in [0, 0.05) is 13.7 Å². The predicted octanol–water partition coefficient (Wildman–Crippen LogP) is 1.75. The lowest BCUT2D eigenvalue weighted by molar-refractivity contribution is 0.0381. The predicted molar refractivity (Wildman–Crippen MR) is 66.5 cm³/mol. The van der Waals surface area contributed by atoms with E-state index in [1.807, 2.05) is 0 Å². The highest BCUT2D eigenvalue weighted by Crippen LogP contribution is 2.24. The minimum absolute atomic E-state index is 0.333. The first-order valence-electron chi connectivity index (χ1n) is 6.52. The molecule has 0 aliphatic carbocycles. The van der Waals surface area contributed by atoms with E-state index in [9.17, 15) is 5.11 Å². The maximum atomic E-state index is 9.70. The van der Waals surface area contributed by atoms with Crippen molar-refractivity contribution in [1.82, 2.24) is 4.90 Å². The van der Waals surface area contributed by atoms with Crippen molar-refractivity contribution in [2.24, 2.45) is 11.8 Å². The Hall–Kier alpha value is -0.120. The van der Waals surface area contributed by atoms with Crippen LogP contribution in [0.5, 0.6) is 0 Å². The monoisotopic (exact) mass is 229 g/mol. The van der Waals surface area contributed by atoms with Crippen molar-refractivity contribution in [3.05, 3.63) is 0 Å². The molecule has 0 bridgehead atoms. The molecule has 1 heterocycles. The molecule has 0 aromatic heterocycles. The number of aliphatic hydroxyl groups excluding tert-OH is 1. The molecule has 0 amide bonds. The minimum Gasteiger partial charge on any atom is -0.389 e. The number of ether oxygens (including phenoxy) is 1. The van der Waals surface area contributed by atoms with E-state index in [1.165, 1.54) is 19.3 Å². The van der Waals surface area contributed by atoms with Gasteiger partial charge in [0.2, 0.25) is 0 Å². The minimum atomic E-state index is -0.333. The molecule has 2 atom stereocenters. The molecule has 1 saturated heterocycles. The van der Waals surface area contributed by atoms with Crippen LogP contribution in [-0.4, -0.2) is 49.5 Å². The van der Waals surface area contributed by atoms with E-state index in [4.69, 9.17) is 4.74 Å². The zero-order valence-corrected chi connectivity index (χ0v) is 11.0. The largest absolute Gasteiger partial charge is 0.389 e. The molecule has 1 aliphatic rings. The van der Waals surface area contributed by atoms with Crippen LogP contribution in [0.1, 0.15) is 33.1 Å². The summed E-state index contributed by atoms with van der Waals surface area (Å²) in [5, 5.41) is 9.70. The number of hydrogen-bond acceptors (Lipinski definition) is 3. The van der Waals surface area contributed by atoms with Crippen molar-refractivity contribution in [2.45, 2.75) is 39.2 Å². The third-order valence-corrected chi connectivity index (χ3v) is 3.64. The Morgan fingerprint density at radius 3 is 2.69 bits per heavy atom. The van der Waals surface area contributed by atoms with Crippen molar-refractivity contribution in [1.29, 1.82) is 0 Å². The molecular weight excluding hydrogens is 202 g/mol. The lowest BCUT2D eigenvalue weighted by Gasteiger charge is -2.23. The fourth-order valence-electron chi connectivity index (χ4n) is 2.57. The van der Waals surface area contributed by atoms with Crippen LogP contribution in [0, 0.1) is 11.8 Å². The number of β-amino-alcohol motifs (C(OH)–C–C–N with tert-alkyl or cyclic N) is 1. The first-order chi connectivity index (χ1) is 7.63. The number of rotatable bonds is 5. The van der Waals surface area contributed by atoms with Gasteiger partial charge in [0.15, 0.2) is 0 Å². The van der Waals surface area contributed by atoms with Crippen LogP contribution >= 0.6 is 0 Å². The van der Waals surface area contributed by atoms with Gasteiger partial charge in [-0.05, 0) is 44.2 Å². The lowest BCUT2D eigenvalue weighted by atomic mass is 9.89. The lowest BCUT2D eigenvalue weighted by Crippen LogP contribution is -2.35. The Kier molecular flexibility index (Phi) is 6.32. The van der Waals surface area contributed by atoms with E-state index in [1.54, 1.807) is 7.11 Å². The van der Waals surface area contributed by atoms with Gasteiger partial charge in [-0.2, -0.15) is 0 Å². The highest BCUT2D eigenvalue weighted by molar-refractivity contribution is 4.73. The summed E-state index contributed by atoms with van der Waals surface area (Å²) in [7, 11) is 1.64. The summed E-state index contributed by atoms with van der Waals surface area (Å²) in [5.74, 6) is 1.66. The zero-order chi connectivity index (χ0) is 12.0. The Bertz CT molecular complexity index is 185. The van der Waals surface area contributed by atoms with E-state index < -0.39 is 0 Å². The molecule has 1 fully saturated rings. The average molecular weight is 229 g/mol. The summed E-state index contributed by atoms with van der Waals surface area (Å²) in [4.78, 5) is 2.38. The van der Waals surface area contributed by atoms with E-state index >= 15 is 0 Å². The normalized spacial score (nSPS) is 25.7. The number of nitrogens with zero attached hydrogens (tertiary/aromatic N) is 1. The highest BCUT2D eigenvalue weighted by atomic mass is 16.5. The maximum absolute atomic E-state index is 9.70. The first kappa shape index (κ1) is 13.9. The van der Waals surface area contributed by atoms with Gasteiger partial charge in [-0.3, -0.25) is 0 Å². The smallest absolute Gasteiger partial charge is 0.0900 e. The molecular formula is C13H27NO2. The molecule has 1 N–H and O–H groups in total. The van der Waals surface area contributed by atoms with Gasteiger partial charge in [-0.25, -0.2) is 0 Å². The van der Waals surface area contributed by atoms with Crippen molar-refractivity contribution >= 4 is 0 Å². The fourth-order valence-corrected chi connectivity index (χ4v) is 2.57. The number of methoxy groups -OCH3 is 1. The maximum Gasteiger partial charge on any atom is 0.0900 e. The van der Waals surface area contributed by atoms with Crippen molar-refractivity contribution in [3.8, 4) is 0 Å². The molecule has 1 aliphatic heterocycles. The zero-order valence-electron chi connectivity index (χ0n) is 11.0. The van der Waals surface area contributed by atoms with E-state index in [2.05, 4.69) is 18.7 Å². The molecule has 0 radical (unpaired) electrons. The summed E-state index contributed by atoms with van der Waals surface area (Å²) in [5.41, 5.74) is 0. The van der Waals surface area contributed by atoms with Crippen LogP contribution < -0.4 is 0 Å². The molecule has 96 valence electrons. The average Bonchev–Trinajstić information content (AvgIpc) is 2.43. The van der Waals surface area contributed by atoms with Gasteiger partial charge < -0.3 is 14.7 Å². The van der Waals surface area contributed by atoms with E-state index in [0.29, 0.717) is 6.61 Å². The van der Waals surface area contributed by atoms with Crippen LogP contribution in [0.15, 0.2) is 0 Å². The second-order valence-electron chi connectivity index (χ2n) is 5.34. The van der Waals surface area contributed by atoms with Crippen molar-refractivity contribution in [3.63, 3.8) is 0 Å². The Morgan fingerprint density at radius 2 is 2.06 bits per heavy atom. The van der Waals surface area contributed by atoms with Gasteiger partial charge in [-0.1, -0.05) is 13.8 Å². The summed E-state index contributed by atoms with van der Waals surface area (Å²) in [6.45, 7) is 8.11. The molecule has 3 nitrogen and oxygen atoms in total. The summed E-state index contributed by atoms with van der Waals surface area (Å²) >= 11 is 0. The van der Waals surface area contributed by atoms with Gasteiger partial charge in [0.25, 0.3) is 0 Å². The third-order valence-electron chi connectivity index (χ3n) is 3.64. The summed E-state index contributed by atoms with van der Waals surface area (Å²) < 4.78 is 4.96. The Balaban J connectivity index is 2.29. The number of likely N-dealkylation sites (tertiary alicyclic amines) is 1. The van der Waals surface area contributed by atoms with Crippen molar-refractivity contribution < 1.29 is 9.84 Å². The van der Waals surface area contributed by atoms with Crippen LogP contribution in [-0.2, 0) is 4.74 Å². The molecule has 0 aromatic carbocycles. The third kappa shape index (κ3) is 4.81. The standard InChI is InChI=1S/C13H27NO2/c1-11(2)12-5-4-7-14(8-6-12)9-13(15)10-16-3/h11-13,15H,4-10H2,1-3H3. The molecule has 16 heavy (non-hydrogen) atoms. The van der Waals surface area contributed by atoms with Gasteiger partial charge >= 0.3 is 0 Å².